The minimum Gasteiger partial charge on any atom is -0.480 e. The first-order chi connectivity index (χ1) is 5.70. The average molecular weight is 173 g/mol. The molecule has 0 amide bonds. The molecule has 1 fully saturated rings. The molecule has 5 nitrogen and oxygen atoms in total. The predicted molar refractivity (Wildman–Crippen MR) is 41.9 cm³/mol. The SMILES string of the molecule is CN1CC[N]CC1OCC(=O)O. The molecule has 1 atom stereocenters. The minimum absolute atomic E-state index is 0.158. The van der Waals surface area contributed by atoms with E-state index in [9.17, 15) is 4.79 Å². The van der Waals surface area contributed by atoms with E-state index in [4.69, 9.17) is 9.84 Å². The highest BCUT2D eigenvalue weighted by molar-refractivity contribution is 5.68. The number of piperazine rings is 1. The van der Waals surface area contributed by atoms with Crippen LogP contribution in [0.1, 0.15) is 0 Å². The van der Waals surface area contributed by atoms with Crippen LogP contribution in [0.5, 0.6) is 0 Å². The van der Waals surface area contributed by atoms with Gasteiger partial charge in [0.05, 0.1) is 6.54 Å². The predicted octanol–water partition coefficient (Wildman–Crippen LogP) is -1.04. The van der Waals surface area contributed by atoms with E-state index in [-0.39, 0.29) is 12.8 Å². The summed E-state index contributed by atoms with van der Waals surface area (Å²) in [5.41, 5.74) is 0. The van der Waals surface area contributed by atoms with Crippen molar-refractivity contribution in [2.45, 2.75) is 6.23 Å². The van der Waals surface area contributed by atoms with E-state index in [0.29, 0.717) is 6.54 Å². The van der Waals surface area contributed by atoms with Crippen LogP contribution in [0.4, 0.5) is 0 Å². The van der Waals surface area contributed by atoms with E-state index in [2.05, 4.69) is 5.32 Å². The van der Waals surface area contributed by atoms with E-state index in [1.165, 1.54) is 0 Å². The third-order valence-electron chi connectivity index (χ3n) is 1.79. The molecule has 5 heteroatoms. The molecule has 1 N–H and O–H groups in total. The smallest absolute Gasteiger partial charge is 0.329 e. The molecular formula is C7H13N2O3. The second-order valence-electron chi connectivity index (χ2n) is 2.77. The van der Waals surface area contributed by atoms with Crippen LogP contribution in [0, 0.1) is 0 Å². The summed E-state index contributed by atoms with van der Waals surface area (Å²) in [5.74, 6) is -0.936. The Labute approximate surface area is 71.3 Å². The molecule has 1 saturated heterocycles. The van der Waals surface area contributed by atoms with Gasteiger partial charge in [0.2, 0.25) is 0 Å². The van der Waals surface area contributed by atoms with E-state index in [1.54, 1.807) is 0 Å². The second-order valence-corrected chi connectivity index (χ2v) is 2.77. The summed E-state index contributed by atoms with van der Waals surface area (Å²) in [5, 5.41) is 12.5. The Hall–Kier alpha value is -0.650. The van der Waals surface area contributed by atoms with Crippen LogP contribution in [0.25, 0.3) is 0 Å². The fraction of sp³-hybridized carbons (Fsp3) is 0.857. The highest BCUT2D eigenvalue weighted by atomic mass is 16.5. The first-order valence-electron chi connectivity index (χ1n) is 3.87. The topological polar surface area (TPSA) is 63.9 Å². The Morgan fingerprint density at radius 3 is 3.17 bits per heavy atom. The summed E-state index contributed by atoms with van der Waals surface area (Å²) in [6.45, 7) is 1.97. The van der Waals surface area contributed by atoms with E-state index < -0.39 is 5.97 Å². The molecule has 0 aromatic rings. The number of ether oxygens (including phenoxy) is 1. The molecule has 0 aliphatic carbocycles. The molecule has 1 unspecified atom stereocenters. The van der Waals surface area contributed by atoms with Crippen molar-refractivity contribution in [2.24, 2.45) is 0 Å². The van der Waals surface area contributed by atoms with Crippen LogP contribution in [-0.2, 0) is 9.53 Å². The Morgan fingerprint density at radius 1 is 1.83 bits per heavy atom. The molecule has 0 saturated carbocycles. The van der Waals surface area contributed by atoms with Crippen molar-refractivity contribution in [1.82, 2.24) is 10.2 Å². The van der Waals surface area contributed by atoms with E-state index in [1.807, 2.05) is 11.9 Å². The maximum Gasteiger partial charge on any atom is 0.329 e. The fourth-order valence-corrected chi connectivity index (χ4v) is 1.06. The van der Waals surface area contributed by atoms with Crippen LogP contribution in [0.3, 0.4) is 0 Å². The maximum atomic E-state index is 10.2. The number of hydrogen-bond donors (Lipinski definition) is 1. The third-order valence-corrected chi connectivity index (χ3v) is 1.79. The summed E-state index contributed by atoms with van der Waals surface area (Å²) in [7, 11) is 1.90. The molecule has 1 heterocycles. The number of carboxylic acids is 1. The lowest BCUT2D eigenvalue weighted by molar-refractivity contribution is -0.149. The molecule has 0 spiro atoms. The van der Waals surface area contributed by atoms with Crippen molar-refractivity contribution < 1.29 is 14.6 Å². The molecule has 1 aliphatic heterocycles. The first kappa shape index (κ1) is 9.44. The van der Waals surface area contributed by atoms with Gasteiger partial charge >= 0.3 is 5.97 Å². The molecule has 0 bridgehead atoms. The van der Waals surface area contributed by atoms with E-state index >= 15 is 0 Å². The molecular weight excluding hydrogens is 160 g/mol. The minimum atomic E-state index is -0.936. The molecule has 1 aliphatic rings. The van der Waals surface area contributed by atoms with Crippen LogP contribution in [0.15, 0.2) is 0 Å². The van der Waals surface area contributed by atoms with Crippen molar-refractivity contribution in [1.29, 1.82) is 0 Å². The number of hydrogen-bond acceptors (Lipinski definition) is 3. The molecule has 1 rings (SSSR count). The number of aliphatic carboxylic acids is 1. The summed E-state index contributed by atoms with van der Waals surface area (Å²) in [6.07, 6.45) is -0.158. The van der Waals surface area contributed by atoms with Gasteiger partial charge in [-0.3, -0.25) is 4.90 Å². The van der Waals surface area contributed by atoms with Gasteiger partial charge < -0.3 is 9.84 Å². The van der Waals surface area contributed by atoms with Crippen molar-refractivity contribution in [2.75, 3.05) is 33.3 Å². The van der Waals surface area contributed by atoms with Crippen molar-refractivity contribution in [3.05, 3.63) is 0 Å². The average Bonchev–Trinajstić information content (AvgIpc) is 2.03. The monoisotopic (exact) mass is 173 g/mol. The Balaban J connectivity index is 2.24. The zero-order chi connectivity index (χ0) is 8.97. The quantitative estimate of drug-likeness (QED) is 0.592. The Morgan fingerprint density at radius 2 is 2.58 bits per heavy atom. The summed E-state index contributed by atoms with van der Waals surface area (Å²) < 4.78 is 5.09. The van der Waals surface area contributed by atoms with Gasteiger partial charge in [-0.25, -0.2) is 10.1 Å². The normalized spacial score (nSPS) is 25.6. The lowest BCUT2D eigenvalue weighted by Crippen LogP contribution is -2.48. The molecule has 69 valence electrons. The molecule has 0 aromatic carbocycles. The van der Waals surface area contributed by atoms with Gasteiger partial charge in [0.1, 0.15) is 12.8 Å². The van der Waals surface area contributed by atoms with Gasteiger partial charge in [0, 0.05) is 13.1 Å². The first-order valence-corrected chi connectivity index (χ1v) is 3.87. The highest BCUT2D eigenvalue weighted by Crippen LogP contribution is 2.01. The van der Waals surface area contributed by atoms with Gasteiger partial charge in [-0.05, 0) is 7.05 Å². The molecule has 12 heavy (non-hydrogen) atoms. The lowest BCUT2D eigenvalue weighted by Gasteiger charge is -2.31. The Kier molecular flexibility index (Phi) is 3.46. The van der Waals surface area contributed by atoms with Crippen molar-refractivity contribution in [3.63, 3.8) is 0 Å². The summed E-state index contributed by atoms with van der Waals surface area (Å²) in [6, 6.07) is 0. The van der Waals surface area contributed by atoms with Gasteiger partial charge in [-0.2, -0.15) is 0 Å². The molecule has 0 aromatic heterocycles. The summed E-state index contributed by atoms with van der Waals surface area (Å²) in [4.78, 5) is 12.1. The van der Waals surface area contributed by atoms with Gasteiger partial charge in [-0.15, -0.1) is 0 Å². The second kappa shape index (κ2) is 4.39. The highest BCUT2D eigenvalue weighted by Gasteiger charge is 2.20. The van der Waals surface area contributed by atoms with Gasteiger partial charge in [-0.1, -0.05) is 0 Å². The maximum absolute atomic E-state index is 10.2. The van der Waals surface area contributed by atoms with Crippen LogP contribution in [-0.4, -0.2) is 55.5 Å². The number of carbonyl (C=O) groups is 1. The molecule has 1 radical (unpaired) electrons. The summed E-state index contributed by atoms with van der Waals surface area (Å²) >= 11 is 0. The third kappa shape index (κ3) is 2.77. The zero-order valence-electron chi connectivity index (χ0n) is 7.06. The Bertz CT molecular complexity index is 163. The number of likely N-dealkylation sites (N-methyl/N-ethyl adjacent to an activating group) is 1. The number of nitrogens with zero attached hydrogens (tertiary/aromatic N) is 2. The largest absolute Gasteiger partial charge is 0.480 e. The van der Waals surface area contributed by atoms with E-state index in [0.717, 1.165) is 13.1 Å². The standard InChI is InChI=1S/C7H13N2O3/c1-9-3-2-8-4-6(9)12-5-7(10)11/h6H,2-5H2,1H3,(H,10,11). The zero-order valence-corrected chi connectivity index (χ0v) is 7.06. The van der Waals surface area contributed by atoms with Crippen molar-refractivity contribution >= 4 is 5.97 Å². The number of carboxylic acid groups (broad SMARTS) is 1. The van der Waals surface area contributed by atoms with Gasteiger partial charge in [0.15, 0.2) is 0 Å². The van der Waals surface area contributed by atoms with Crippen molar-refractivity contribution in [3.8, 4) is 0 Å². The van der Waals surface area contributed by atoms with Crippen LogP contribution >= 0.6 is 0 Å². The van der Waals surface area contributed by atoms with Crippen LogP contribution in [0.2, 0.25) is 0 Å². The van der Waals surface area contributed by atoms with Gasteiger partial charge in [0.25, 0.3) is 0 Å². The fourth-order valence-electron chi connectivity index (χ4n) is 1.06. The number of rotatable bonds is 3. The lowest BCUT2D eigenvalue weighted by atomic mass is 10.3. The van der Waals surface area contributed by atoms with Crippen LogP contribution < -0.4 is 5.32 Å².